The van der Waals surface area contributed by atoms with E-state index in [4.69, 9.17) is 15.7 Å². The number of rotatable bonds is 5. The van der Waals surface area contributed by atoms with Gasteiger partial charge in [-0.1, -0.05) is 32.6 Å². The van der Waals surface area contributed by atoms with Gasteiger partial charge in [-0.15, -0.1) is 0 Å². The highest BCUT2D eigenvalue weighted by molar-refractivity contribution is 5.82. The molecule has 1 rings (SSSR count). The third-order valence-corrected chi connectivity index (χ3v) is 2.17. The van der Waals surface area contributed by atoms with Crippen molar-refractivity contribution in [2.45, 2.75) is 20.3 Å². The molecule has 0 spiro atoms. The molecular formula is C15H20N4O2. The van der Waals surface area contributed by atoms with E-state index in [-0.39, 0.29) is 5.96 Å². The van der Waals surface area contributed by atoms with Gasteiger partial charge < -0.3 is 10.5 Å². The number of nitrogens with two attached hydrogens (primary N) is 1. The molecule has 112 valence electrons. The second-order valence-corrected chi connectivity index (χ2v) is 3.52. The summed E-state index contributed by atoms with van der Waals surface area (Å²) >= 11 is 0. The van der Waals surface area contributed by atoms with Gasteiger partial charge in [0.1, 0.15) is 0 Å². The normalized spacial score (nSPS) is 9.67. The van der Waals surface area contributed by atoms with E-state index in [0.717, 1.165) is 11.6 Å². The zero-order valence-electron chi connectivity index (χ0n) is 12.3. The zero-order valence-corrected chi connectivity index (χ0v) is 12.3. The fourth-order valence-corrected chi connectivity index (χ4v) is 1.29. The molecule has 0 radical (unpaired) electrons. The van der Waals surface area contributed by atoms with E-state index in [2.05, 4.69) is 16.9 Å². The van der Waals surface area contributed by atoms with Crippen LogP contribution in [-0.4, -0.2) is 18.5 Å². The molecule has 0 amide bonds. The van der Waals surface area contributed by atoms with Gasteiger partial charge in [-0.2, -0.15) is 5.26 Å². The van der Waals surface area contributed by atoms with Gasteiger partial charge in [0.15, 0.2) is 6.19 Å². The summed E-state index contributed by atoms with van der Waals surface area (Å²) in [5.74, 6) is -0.397. The third-order valence-electron chi connectivity index (χ3n) is 2.17. The quantitative estimate of drug-likeness (QED) is 0.215. The van der Waals surface area contributed by atoms with E-state index in [1.165, 1.54) is 0 Å². The molecule has 0 saturated heterocycles. The van der Waals surface area contributed by atoms with Crippen LogP contribution in [0.5, 0.6) is 0 Å². The molecule has 0 aliphatic heterocycles. The Morgan fingerprint density at radius 3 is 2.62 bits per heavy atom. The molecule has 0 aliphatic carbocycles. The van der Waals surface area contributed by atoms with Crippen LogP contribution in [0.4, 0.5) is 5.69 Å². The van der Waals surface area contributed by atoms with Crippen LogP contribution < -0.4 is 11.1 Å². The van der Waals surface area contributed by atoms with E-state index < -0.39 is 5.97 Å². The standard InChI is InChI=1S/C13H14N4O2.C2H6/c1-2-12(18)19-8-7-10-3-5-11(6-4-10)17-13(15)16-9-14;1-2/h2-6H,1,7-8H2,(H3,15,16,17);1-2H3. The lowest BCUT2D eigenvalue weighted by Crippen LogP contribution is -2.26. The third kappa shape index (κ3) is 8.06. The van der Waals surface area contributed by atoms with Gasteiger partial charge in [0, 0.05) is 12.5 Å². The molecule has 21 heavy (non-hydrogen) atoms. The summed E-state index contributed by atoms with van der Waals surface area (Å²) in [6, 6.07) is 7.22. The highest BCUT2D eigenvalue weighted by atomic mass is 16.5. The lowest BCUT2D eigenvalue weighted by molar-refractivity contribution is -0.137. The van der Waals surface area contributed by atoms with Gasteiger partial charge in [-0.05, 0) is 17.7 Å². The maximum Gasteiger partial charge on any atom is 0.330 e. The smallest absolute Gasteiger partial charge is 0.330 e. The first kappa shape index (κ1) is 18.2. The topological polar surface area (TPSA) is 100 Å². The number of carbonyl (C=O) groups is 1. The SMILES string of the molecule is C=CC(=O)OCCc1ccc(N=C(N)NC#N)cc1.CC. The van der Waals surface area contributed by atoms with Crippen LogP contribution in [0, 0.1) is 11.5 Å². The monoisotopic (exact) mass is 288 g/mol. The molecule has 0 bridgehead atoms. The number of ether oxygens (including phenoxy) is 1. The second-order valence-electron chi connectivity index (χ2n) is 3.52. The molecule has 0 atom stereocenters. The molecule has 0 aliphatic rings. The van der Waals surface area contributed by atoms with Gasteiger partial charge in [0.25, 0.3) is 0 Å². The fraction of sp³-hybridized carbons (Fsp3) is 0.267. The minimum atomic E-state index is -0.434. The first-order chi connectivity index (χ1) is 10.2. The number of nitriles is 1. The Morgan fingerprint density at radius 2 is 2.10 bits per heavy atom. The van der Waals surface area contributed by atoms with E-state index in [0.29, 0.717) is 18.7 Å². The maximum atomic E-state index is 10.8. The summed E-state index contributed by atoms with van der Waals surface area (Å²) in [6.45, 7) is 7.61. The second kappa shape index (κ2) is 11.1. The van der Waals surface area contributed by atoms with E-state index in [1.54, 1.807) is 18.3 Å². The highest BCUT2D eigenvalue weighted by Crippen LogP contribution is 2.13. The van der Waals surface area contributed by atoms with Crippen molar-refractivity contribution in [1.82, 2.24) is 5.32 Å². The summed E-state index contributed by atoms with van der Waals surface area (Å²) in [5, 5.41) is 10.6. The number of esters is 1. The van der Waals surface area contributed by atoms with Crippen LogP contribution in [-0.2, 0) is 16.0 Å². The lowest BCUT2D eigenvalue weighted by atomic mass is 10.1. The number of carbonyl (C=O) groups excluding carboxylic acids is 1. The van der Waals surface area contributed by atoms with Crippen molar-refractivity contribution in [3.8, 4) is 6.19 Å². The minimum absolute atomic E-state index is 0.0372. The number of guanidine groups is 1. The number of nitrogens with zero attached hydrogens (tertiary/aromatic N) is 2. The van der Waals surface area contributed by atoms with Gasteiger partial charge >= 0.3 is 5.97 Å². The number of hydrogen-bond acceptors (Lipinski definition) is 4. The van der Waals surface area contributed by atoms with Crippen molar-refractivity contribution in [2.24, 2.45) is 10.7 Å². The largest absolute Gasteiger partial charge is 0.462 e. The van der Waals surface area contributed by atoms with Crippen LogP contribution >= 0.6 is 0 Å². The first-order valence-electron chi connectivity index (χ1n) is 6.53. The van der Waals surface area contributed by atoms with Crippen LogP contribution in [0.2, 0.25) is 0 Å². The Labute approximate surface area is 124 Å². The summed E-state index contributed by atoms with van der Waals surface area (Å²) < 4.78 is 4.87. The Hall–Kier alpha value is -2.81. The molecule has 0 heterocycles. The summed E-state index contributed by atoms with van der Waals surface area (Å²) in [5.41, 5.74) is 7.07. The van der Waals surface area contributed by atoms with Crippen LogP contribution in [0.3, 0.4) is 0 Å². The van der Waals surface area contributed by atoms with Gasteiger partial charge in [0.05, 0.1) is 12.3 Å². The maximum absolute atomic E-state index is 10.8. The van der Waals surface area contributed by atoms with Crippen LogP contribution in [0.15, 0.2) is 41.9 Å². The van der Waals surface area contributed by atoms with Crippen molar-refractivity contribution in [2.75, 3.05) is 6.61 Å². The van der Waals surface area contributed by atoms with Crippen molar-refractivity contribution < 1.29 is 9.53 Å². The zero-order chi connectivity index (χ0) is 16.1. The Kier molecular flexibility index (Phi) is 9.57. The lowest BCUT2D eigenvalue weighted by Gasteiger charge is -2.03. The number of hydrogen-bond donors (Lipinski definition) is 2. The molecule has 1 aromatic rings. The predicted molar refractivity (Wildman–Crippen MR) is 82.7 cm³/mol. The predicted octanol–water partition coefficient (Wildman–Crippen LogP) is 2.00. The van der Waals surface area contributed by atoms with Gasteiger partial charge in [-0.3, -0.25) is 5.32 Å². The average Bonchev–Trinajstić information content (AvgIpc) is 2.51. The molecule has 0 saturated carbocycles. The van der Waals surface area contributed by atoms with Gasteiger partial charge in [-0.25, -0.2) is 9.79 Å². The molecule has 3 N–H and O–H groups in total. The van der Waals surface area contributed by atoms with Crippen molar-refractivity contribution in [1.29, 1.82) is 5.26 Å². The Morgan fingerprint density at radius 1 is 1.48 bits per heavy atom. The summed E-state index contributed by atoms with van der Waals surface area (Å²) in [7, 11) is 0. The van der Waals surface area contributed by atoms with Crippen LogP contribution in [0.25, 0.3) is 0 Å². The molecule has 6 heteroatoms. The first-order valence-corrected chi connectivity index (χ1v) is 6.53. The van der Waals surface area contributed by atoms with E-state index in [1.807, 2.05) is 26.0 Å². The van der Waals surface area contributed by atoms with Crippen LogP contribution in [0.1, 0.15) is 19.4 Å². The average molecular weight is 288 g/mol. The summed E-state index contributed by atoms with van der Waals surface area (Å²) in [6.07, 6.45) is 3.42. The Balaban J connectivity index is 0.00000191. The highest BCUT2D eigenvalue weighted by Gasteiger charge is 1.98. The Bertz CT molecular complexity index is 515. The van der Waals surface area contributed by atoms with Crippen molar-refractivity contribution in [3.05, 3.63) is 42.5 Å². The fourth-order valence-electron chi connectivity index (χ4n) is 1.29. The van der Waals surface area contributed by atoms with Gasteiger partial charge in [0.2, 0.25) is 5.96 Å². The minimum Gasteiger partial charge on any atom is -0.462 e. The van der Waals surface area contributed by atoms with Crippen molar-refractivity contribution in [3.63, 3.8) is 0 Å². The molecule has 0 aromatic heterocycles. The molecule has 1 aromatic carbocycles. The number of nitrogens with one attached hydrogen (secondary N) is 1. The number of aliphatic imine (C=N–C) groups is 1. The molecule has 0 unspecified atom stereocenters. The van der Waals surface area contributed by atoms with E-state index in [9.17, 15) is 4.79 Å². The molecule has 6 nitrogen and oxygen atoms in total. The summed E-state index contributed by atoms with van der Waals surface area (Å²) in [4.78, 5) is 14.8. The van der Waals surface area contributed by atoms with E-state index >= 15 is 0 Å². The number of benzene rings is 1. The molecular weight excluding hydrogens is 268 g/mol. The molecule has 0 fully saturated rings. The van der Waals surface area contributed by atoms with Crippen molar-refractivity contribution >= 4 is 17.6 Å².